The number of carbonyl (C=O) groups excluding carboxylic acids is 1. The van der Waals surface area contributed by atoms with Crippen LogP contribution in [0.4, 0.5) is 5.69 Å². The third-order valence-electron chi connectivity index (χ3n) is 2.52. The van der Waals surface area contributed by atoms with Crippen molar-refractivity contribution in [3.05, 3.63) is 29.3 Å². The van der Waals surface area contributed by atoms with Crippen molar-refractivity contribution in [2.45, 2.75) is 24.6 Å². The number of nitrogens with one attached hydrogen (secondary N) is 1. The zero-order valence-corrected chi connectivity index (χ0v) is 13.6. The molecule has 0 radical (unpaired) electrons. The molecule has 0 fully saturated rings. The Morgan fingerprint density at radius 3 is 2.90 bits per heavy atom. The van der Waals surface area contributed by atoms with Crippen LogP contribution in [0.3, 0.4) is 0 Å². The number of nitrogens with zero attached hydrogens (tertiary/aromatic N) is 2. The Hall–Kier alpha value is -1.60. The average molecular weight is 323 g/mol. The molecule has 112 valence electrons. The van der Waals surface area contributed by atoms with Gasteiger partial charge in [-0.05, 0) is 26.0 Å². The van der Waals surface area contributed by atoms with Crippen LogP contribution < -0.4 is 10.1 Å². The van der Waals surface area contributed by atoms with E-state index in [1.807, 2.05) is 38.1 Å². The lowest BCUT2D eigenvalue weighted by molar-refractivity contribution is -0.115. The fraction of sp³-hybridized carbons (Fsp3) is 0.357. The van der Waals surface area contributed by atoms with Gasteiger partial charge in [0, 0.05) is 12.2 Å². The Labute approximate surface area is 132 Å². The minimum Gasteiger partial charge on any atom is -0.492 e. The number of ether oxygens (including phenoxy) is 1. The number of aryl methyl sites for hydroxylation is 1. The summed E-state index contributed by atoms with van der Waals surface area (Å²) in [5.74, 6) is 1.34. The van der Waals surface area contributed by atoms with E-state index in [9.17, 15) is 4.79 Å². The van der Waals surface area contributed by atoms with Crippen molar-refractivity contribution in [2.75, 3.05) is 17.7 Å². The van der Waals surface area contributed by atoms with Crippen LogP contribution in [0, 0.1) is 6.92 Å². The minimum atomic E-state index is -0.0316. The molecule has 0 spiro atoms. The van der Waals surface area contributed by atoms with Gasteiger partial charge in [-0.1, -0.05) is 35.2 Å². The van der Waals surface area contributed by atoms with Gasteiger partial charge in [-0.3, -0.25) is 4.79 Å². The highest BCUT2D eigenvalue weighted by Crippen LogP contribution is 2.25. The van der Waals surface area contributed by atoms with E-state index in [0.717, 1.165) is 9.35 Å². The largest absolute Gasteiger partial charge is 0.492 e. The van der Waals surface area contributed by atoms with Gasteiger partial charge in [-0.15, -0.1) is 10.2 Å². The molecule has 1 aromatic carbocycles. The van der Waals surface area contributed by atoms with Crippen LogP contribution in [-0.4, -0.2) is 28.5 Å². The zero-order valence-electron chi connectivity index (χ0n) is 12.0. The minimum absolute atomic E-state index is 0.0316. The average Bonchev–Trinajstić information content (AvgIpc) is 2.87. The summed E-state index contributed by atoms with van der Waals surface area (Å²) in [5.41, 5.74) is 0.709. The molecule has 0 bridgehead atoms. The third-order valence-corrected chi connectivity index (χ3v) is 4.50. The van der Waals surface area contributed by atoms with E-state index >= 15 is 0 Å². The SMILES string of the molecule is CCOc1ccccc1NC(=O)CCSc1nnc(C)s1. The summed E-state index contributed by atoms with van der Waals surface area (Å²) < 4.78 is 6.38. The van der Waals surface area contributed by atoms with Crippen molar-refractivity contribution in [1.29, 1.82) is 0 Å². The molecule has 0 atom stereocenters. The van der Waals surface area contributed by atoms with E-state index < -0.39 is 0 Å². The topological polar surface area (TPSA) is 64.1 Å². The third kappa shape index (κ3) is 5.02. The van der Waals surface area contributed by atoms with Gasteiger partial charge in [-0.2, -0.15) is 0 Å². The Morgan fingerprint density at radius 1 is 1.38 bits per heavy atom. The smallest absolute Gasteiger partial charge is 0.225 e. The predicted molar refractivity (Wildman–Crippen MR) is 86.2 cm³/mol. The standard InChI is InChI=1S/C14H17N3O2S2/c1-3-19-12-7-5-4-6-11(12)15-13(18)8-9-20-14-17-16-10(2)21-14/h4-7H,3,8-9H2,1-2H3,(H,15,18). The highest BCUT2D eigenvalue weighted by atomic mass is 32.2. The van der Waals surface area contributed by atoms with Gasteiger partial charge in [0.05, 0.1) is 12.3 Å². The molecule has 5 nitrogen and oxygen atoms in total. The second-order valence-corrected chi connectivity index (χ2v) is 6.69. The summed E-state index contributed by atoms with van der Waals surface area (Å²) in [6, 6.07) is 7.44. The molecule has 1 amide bonds. The van der Waals surface area contributed by atoms with E-state index in [4.69, 9.17) is 4.74 Å². The molecule has 2 rings (SSSR count). The first-order valence-electron chi connectivity index (χ1n) is 6.63. The van der Waals surface area contributed by atoms with Crippen LogP contribution in [0.15, 0.2) is 28.6 Å². The first-order valence-corrected chi connectivity index (χ1v) is 8.44. The Balaban J connectivity index is 1.81. The summed E-state index contributed by atoms with van der Waals surface area (Å²) in [6.45, 7) is 4.40. The lowest BCUT2D eigenvalue weighted by atomic mass is 10.3. The number of aromatic nitrogens is 2. The zero-order chi connectivity index (χ0) is 15.1. The first kappa shape index (κ1) is 15.8. The number of carbonyl (C=O) groups is 1. The molecule has 0 saturated carbocycles. The number of para-hydroxylation sites is 2. The van der Waals surface area contributed by atoms with Gasteiger partial charge >= 0.3 is 0 Å². The van der Waals surface area contributed by atoms with Crippen molar-refractivity contribution in [3.63, 3.8) is 0 Å². The molecule has 1 heterocycles. The summed E-state index contributed by atoms with van der Waals surface area (Å²) >= 11 is 3.09. The summed E-state index contributed by atoms with van der Waals surface area (Å²) in [6.07, 6.45) is 0.420. The quantitative estimate of drug-likeness (QED) is 0.792. The summed E-state index contributed by atoms with van der Waals surface area (Å²) in [4.78, 5) is 12.0. The van der Waals surface area contributed by atoms with E-state index in [2.05, 4.69) is 15.5 Å². The van der Waals surface area contributed by atoms with Crippen LogP contribution in [0.2, 0.25) is 0 Å². The van der Waals surface area contributed by atoms with Gasteiger partial charge in [-0.25, -0.2) is 0 Å². The van der Waals surface area contributed by atoms with Crippen molar-refractivity contribution in [3.8, 4) is 5.75 Å². The van der Waals surface area contributed by atoms with Gasteiger partial charge in [0.25, 0.3) is 0 Å². The van der Waals surface area contributed by atoms with Crippen molar-refractivity contribution in [1.82, 2.24) is 10.2 Å². The maximum Gasteiger partial charge on any atom is 0.225 e. The molecule has 0 unspecified atom stereocenters. The number of thioether (sulfide) groups is 1. The highest BCUT2D eigenvalue weighted by molar-refractivity contribution is 8.01. The molecule has 2 aromatic rings. The van der Waals surface area contributed by atoms with E-state index in [-0.39, 0.29) is 5.91 Å². The van der Waals surface area contributed by atoms with Crippen molar-refractivity contribution in [2.24, 2.45) is 0 Å². The monoisotopic (exact) mass is 323 g/mol. The number of hydrogen-bond acceptors (Lipinski definition) is 6. The Bertz CT molecular complexity index is 601. The molecular formula is C14H17N3O2S2. The van der Waals surface area contributed by atoms with E-state index in [1.54, 1.807) is 23.1 Å². The normalized spacial score (nSPS) is 10.4. The predicted octanol–water partition coefficient (Wildman–Crippen LogP) is 3.37. The Kier molecular flexibility index (Phi) is 6.01. The van der Waals surface area contributed by atoms with Gasteiger partial charge in [0.1, 0.15) is 10.8 Å². The van der Waals surface area contributed by atoms with Gasteiger partial charge in [0.15, 0.2) is 4.34 Å². The molecule has 0 saturated heterocycles. The lowest BCUT2D eigenvalue weighted by Crippen LogP contribution is -2.13. The van der Waals surface area contributed by atoms with Crippen LogP contribution in [0.25, 0.3) is 0 Å². The van der Waals surface area contributed by atoms with Crippen LogP contribution in [-0.2, 0) is 4.79 Å². The number of benzene rings is 1. The molecule has 1 aromatic heterocycles. The van der Waals surface area contributed by atoms with Crippen LogP contribution in [0.1, 0.15) is 18.4 Å². The number of amides is 1. The van der Waals surface area contributed by atoms with Crippen LogP contribution >= 0.6 is 23.1 Å². The van der Waals surface area contributed by atoms with Crippen molar-refractivity contribution >= 4 is 34.7 Å². The molecule has 0 aliphatic rings. The number of anilines is 1. The van der Waals surface area contributed by atoms with E-state index in [1.165, 1.54) is 0 Å². The molecule has 0 aliphatic carbocycles. The fourth-order valence-electron chi connectivity index (χ4n) is 1.63. The first-order chi connectivity index (χ1) is 10.2. The molecular weight excluding hydrogens is 306 g/mol. The molecule has 1 N–H and O–H groups in total. The Morgan fingerprint density at radius 2 is 2.19 bits per heavy atom. The lowest BCUT2D eigenvalue weighted by Gasteiger charge is -2.10. The summed E-state index contributed by atoms with van der Waals surface area (Å²) in [7, 11) is 0. The number of rotatable bonds is 7. The second-order valence-electron chi connectivity index (χ2n) is 4.16. The molecule has 0 aliphatic heterocycles. The molecule has 21 heavy (non-hydrogen) atoms. The fourth-order valence-corrected chi connectivity index (χ4v) is 3.46. The van der Waals surface area contributed by atoms with E-state index in [0.29, 0.717) is 30.2 Å². The maximum atomic E-state index is 12.0. The highest BCUT2D eigenvalue weighted by Gasteiger charge is 2.08. The molecule has 7 heteroatoms. The van der Waals surface area contributed by atoms with Gasteiger partial charge < -0.3 is 10.1 Å². The van der Waals surface area contributed by atoms with Crippen molar-refractivity contribution < 1.29 is 9.53 Å². The maximum absolute atomic E-state index is 12.0. The summed E-state index contributed by atoms with van der Waals surface area (Å²) in [5, 5.41) is 11.8. The second kappa shape index (κ2) is 7.99. The van der Waals surface area contributed by atoms with Gasteiger partial charge in [0.2, 0.25) is 5.91 Å². The number of hydrogen-bond donors (Lipinski definition) is 1. The van der Waals surface area contributed by atoms with Crippen LogP contribution in [0.5, 0.6) is 5.75 Å².